The van der Waals surface area contributed by atoms with Crippen LogP contribution in [0.3, 0.4) is 0 Å². The van der Waals surface area contributed by atoms with Crippen LogP contribution in [0, 0.1) is 0 Å². The standard InChI is InChI=1S/C5H7NO4S.2Li/c7-4(8)2-1-11-3(6-2)5(9)10;;/h2-3,6H,1H2,(H,7,8)(H,9,10);;/q;2*+1/p-2. The minimum atomic E-state index is -1.29. The van der Waals surface area contributed by atoms with Crippen molar-refractivity contribution in [3.05, 3.63) is 0 Å². The Hall–Kier alpha value is 0.445. The molecule has 62 valence electrons. The molecule has 1 rings (SSSR count). The van der Waals surface area contributed by atoms with Gasteiger partial charge in [-0.2, -0.15) is 0 Å². The molecular weight excluding hydrogens is 184 g/mol. The van der Waals surface area contributed by atoms with Gasteiger partial charge in [-0.3, -0.25) is 5.32 Å². The van der Waals surface area contributed by atoms with Crippen LogP contribution in [0.5, 0.6) is 0 Å². The molecule has 0 amide bonds. The average molecular weight is 189 g/mol. The van der Waals surface area contributed by atoms with Crippen molar-refractivity contribution in [2.24, 2.45) is 0 Å². The number of hydrogen-bond acceptors (Lipinski definition) is 6. The van der Waals surface area contributed by atoms with Gasteiger partial charge in [0, 0.05) is 5.75 Å². The second-order valence-corrected chi connectivity index (χ2v) is 3.21. The van der Waals surface area contributed by atoms with Crippen molar-refractivity contribution in [1.82, 2.24) is 5.32 Å². The van der Waals surface area contributed by atoms with E-state index >= 15 is 0 Å². The van der Waals surface area contributed by atoms with Crippen molar-refractivity contribution in [3.8, 4) is 0 Å². The molecule has 0 aromatic rings. The van der Waals surface area contributed by atoms with E-state index in [0.29, 0.717) is 0 Å². The summed E-state index contributed by atoms with van der Waals surface area (Å²) in [6, 6.07) is -0.872. The van der Waals surface area contributed by atoms with Crippen LogP contribution in [0.2, 0.25) is 0 Å². The zero-order valence-corrected chi connectivity index (χ0v) is 8.22. The van der Waals surface area contributed by atoms with Crippen LogP contribution >= 0.6 is 11.8 Å². The predicted molar refractivity (Wildman–Crippen MR) is 33.2 cm³/mol. The zero-order valence-electron chi connectivity index (χ0n) is 7.40. The molecule has 1 fully saturated rings. The first-order valence-electron chi connectivity index (χ1n) is 2.90. The number of aliphatic carboxylic acids is 2. The van der Waals surface area contributed by atoms with Gasteiger partial charge < -0.3 is 19.8 Å². The molecule has 0 aromatic carbocycles. The maximum absolute atomic E-state index is 10.2. The maximum Gasteiger partial charge on any atom is 1.00 e. The number of carbonyl (C=O) groups is 2. The molecule has 0 bridgehead atoms. The smallest absolute Gasteiger partial charge is 0.548 e. The molecular formula is C5H5Li2NO4S. The SMILES string of the molecule is O=C([O-])C1CSC(C(=O)[O-])N1.[Li+].[Li+]. The molecule has 0 spiro atoms. The van der Waals surface area contributed by atoms with Crippen molar-refractivity contribution in [2.75, 3.05) is 5.75 Å². The van der Waals surface area contributed by atoms with Crippen molar-refractivity contribution >= 4 is 23.7 Å². The van der Waals surface area contributed by atoms with E-state index in [9.17, 15) is 19.8 Å². The third-order valence-electron chi connectivity index (χ3n) is 1.28. The van der Waals surface area contributed by atoms with Crippen molar-refractivity contribution in [1.29, 1.82) is 0 Å². The Labute approximate surface area is 103 Å². The molecule has 1 saturated heterocycles. The van der Waals surface area contributed by atoms with E-state index in [0.717, 1.165) is 11.8 Å². The van der Waals surface area contributed by atoms with E-state index in [1.807, 2.05) is 0 Å². The van der Waals surface area contributed by atoms with E-state index in [1.54, 1.807) is 0 Å². The Kier molecular flexibility index (Phi) is 8.36. The molecule has 0 saturated carbocycles. The van der Waals surface area contributed by atoms with E-state index in [4.69, 9.17) is 0 Å². The normalized spacial score (nSPS) is 25.5. The van der Waals surface area contributed by atoms with Crippen molar-refractivity contribution < 1.29 is 57.5 Å². The maximum atomic E-state index is 10.2. The zero-order chi connectivity index (χ0) is 8.43. The number of rotatable bonds is 2. The second kappa shape index (κ2) is 6.83. The molecule has 0 radical (unpaired) electrons. The monoisotopic (exact) mass is 189 g/mol. The van der Waals surface area contributed by atoms with E-state index in [2.05, 4.69) is 5.32 Å². The molecule has 1 aliphatic heterocycles. The summed E-state index contributed by atoms with van der Waals surface area (Å²) in [5.41, 5.74) is 0. The number of nitrogens with one attached hydrogen (secondary N) is 1. The predicted octanol–water partition coefficient (Wildman–Crippen LogP) is -9.47. The van der Waals surface area contributed by atoms with Gasteiger partial charge in [0.25, 0.3) is 0 Å². The van der Waals surface area contributed by atoms with Crippen molar-refractivity contribution in [2.45, 2.75) is 11.4 Å². The van der Waals surface area contributed by atoms with Gasteiger partial charge in [-0.15, -0.1) is 11.8 Å². The third-order valence-corrected chi connectivity index (χ3v) is 2.47. The molecule has 8 heteroatoms. The van der Waals surface area contributed by atoms with Crippen LogP contribution < -0.4 is 53.3 Å². The Bertz CT molecular complexity index is 183. The first-order chi connectivity index (χ1) is 5.11. The molecule has 13 heavy (non-hydrogen) atoms. The quantitative estimate of drug-likeness (QED) is 0.433. The summed E-state index contributed by atoms with van der Waals surface area (Å²) in [5, 5.41) is 21.7. The second-order valence-electron chi connectivity index (χ2n) is 2.07. The number of carboxylic acid groups (broad SMARTS) is 2. The molecule has 2 unspecified atom stereocenters. The Morgan fingerprint density at radius 2 is 1.77 bits per heavy atom. The Balaban J connectivity index is 0. The van der Waals surface area contributed by atoms with Gasteiger partial charge in [0.05, 0.1) is 23.4 Å². The number of carbonyl (C=O) groups excluding carboxylic acids is 2. The summed E-state index contributed by atoms with van der Waals surface area (Å²) >= 11 is 0.993. The molecule has 1 aliphatic rings. The molecule has 0 aromatic heterocycles. The molecule has 2 atom stereocenters. The number of thioether (sulfide) groups is 1. The van der Waals surface area contributed by atoms with Gasteiger partial charge in [0.1, 0.15) is 0 Å². The third kappa shape index (κ3) is 4.46. The summed E-state index contributed by atoms with van der Waals surface area (Å²) < 4.78 is 0. The summed E-state index contributed by atoms with van der Waals surface area (Å²) in [6.07, 6.45) is 0. The van der Waals surface area contributed by atoms with Crippen LogP contribution in [-0.4, -0.2) is 29.1 Å². The molecule has 0 aliphatic carbocycles. The summed E-state index contributed by atoms with van der Waals surface area (Å²) in [4.78, 5) is 20.3. The largest absolute Gasteiger partial charge is 1.00 e. The fourth-order valence-corrected chi connectivity index (χ4v) is 1.76. The van der Waals surface area contributed by atoms with Gasteiger partial charge in [-0.1, -0.05) is 0 Å². The van der Waals surface area contributed by atoms with Crippen LogP contribution in [-0.2, 0) is 9.59 Å². The van der Waals surface area contributed by atoms with E-state index < -0.39 is 23.4 Å². The summed E-state index contributed by atoms with van der Waals surface area (Å²) in [6.45, 7) is 0. The Morgan fingerprint density at radius 1 is 1.23 bits per heavy atom. The van der Waals surface area contributed by atoms with Gasteiger partial charge >= 0.3 is 37.7 Å². The minimum Gasteiger partial charge on any atom is -0.548 e. The van der Waals surface area contributed by atoms with Gasteiger partial charge in [0.2, 0.25) is 0 Å². The topological polar surface area (TPSA) is 92.3 Å². The first-order valence-corrected chi connectivity index (χ1v) is 3.95. The fourth-order valence-electron chi connectivity index (χ4n) is 0.744. The fraction of sp³-hybridized carbons (Fsp3) is 0.600. The average Bonchev–Trinajstić information content (AvgIpc) is 2.33. The van der Waals surface area contributed by atoms with Crippen LogP contribution in [0.4, 0.5) is 0 Å². The molecule has 5 nitrogen and oxygen atoms in total. The van der Waals surface area contributed by atoms with Gasteiger partial charge in [-0.05, 0) is 0 Å². The van der Waals surface area contributed by atoms with Crippen LogP contribution in [0.15, 0.2) is 0 Å². The van der Waals surface area contributed by atoms with Gasteiger partial charge in [-0.25, -0.2) is 0 Å². The first kappa shape index (κ1) is 15.9. The van der Waals surface area contributed by atoms with Gasteiger partial charge in [0.15, 0.2) is 0 Å². The molecule has 1 N–H and O–H groups in total. The number of carboxylic acids is 2. The molecule has 1 heterocycles. The minimum absolute atomic E-state index is 0. The summed E-state index contributed by atoms with van der Waals surface area (Å²) in [5.74, 6) is -2.36. The Morgan fingerprint density at radius 3 is 2.00 bits per heavy atom. The van der Waals surface area contributed by atoms with E-state index in [1.165, 1.54) is 0 Å². The summed E-state index contributed by atoms with van der Waals surface area (Å²) in [7, 11) is 0. The van der Waals surface area contributed by atoms with Crippen LogP contribution in [0.1, 0.15) is 0 Å². The van der Waals surface area contributed by atoms with Crippen molar-refractivity contribution in [3.63, 3.8) is 0 Å². The van der Waals surface area contributed by atoms with E-state index in [-0.39, 0.29) is 43.5 Å². The van der Waals surface area contributed by atoms with Crippen LogP contribution in [0.25, 0.3) is 0 Å². The number of hydrogen-bond donors (Lipinski definition) is 1.